The van der Waals surface area contributed by atoms with Crippen LogP contribution in [0, 0.1) is 5.92 Å². The van der Waals surface area contributed by atoms with Crippen molar-refractivity contribution in [1.82, 2.24) is 15.0 Å². The van der Waals surface area contributed by atoms with Crippen molar-refractivity contribution in [2.24, 2.45) is 5.92 Å². The van der Waals surface area contributed by atoms with E-state index in [1.54, 1.807) is 35.6 Å². The third-order valence-corrected chi connectivity index (χ3v) is 6.67. The van der Waals surface area contributed by atoms with Crippen LogP contribution in [0.5, 0.6) is 0 Å². The number of hydrogen-bond donors (Lipinski definition) is 2. The number of aryl methyl sites for hydroxylation is 1. The Labute approximate surface area is 174 Å². The van der Waals surface area contributed by atoms with Gasteiger partial charge in [0.25, 0.3) is 5.56 Å². The maximum atomic E-state index is 12.7. The number of thiophene rings is 1. The van der Waals surface area contributed by atoms with E-state index >= 15 is 0 Å². The lowest BCUT2D eigenvalue weighted by Crippen LogP contribution is -2.17. The molecule has 152 valence electrons. The molecule has 1 aliphatic carbocycles. The first kappa shape index (κ1) is 18.7. The Morgan fingerprint density at radius 2 is 2.10 bits per heavy atom. The summed E-state index contributed by atoms with van der Waals surface area (Å²) in [6, 6.07) is 8.24. The summed E-state index contributed by atoms with van der Waals surface area (Å²) in [7, 11) is 0. The van der Waals surface area contributed by atoms with E-state index in [0.29, 0.717) is 32.9 Å². The van der Waals surface area contributed by atoms with E-state index in [1.807, 2.05) is 0 Å². The second-order valence-electron chi connectivity index (χ2n) is 7.71. The second kappa shape index (κ2) is 7.21. The predicted octanol–water partition coefficient (Wildman–Crippen LogP) is 3.31. The van der Waals surface area contributed by atoms with Gasteiger partial charge in [-0.05, 0) is 36.8 Å². The standard InChI is InChI=1S/C22H19N3O4S/c1-11-6-7-13-16(8-11)30-21-19(13)20(27)24-17(25-21)10-29-22(28)14-9-18(26)23-15-5-3-2-4-12(14)15/h2-5,9,11H,6-8,10H2,1H3,(H,23,26)(H,24,25,27)/t11-/m0/s1. The van der Waals surface area contributed by atoms with Gasteiger partial charge in [0, 0.05) is 21.8 Å². The van der Waals surface area contributed by atoms with Crippen molar-refractivity contribution in [2.75, 3.05) is 0 Å². The van der Waals surface area contributed by atoms with Crippen LogP contribution in [0.15, 0.2) is 39.9 Å². The monoisotopic (exact) mass is 421 g/mol. The van der Waals surface area contributed by atoms with Crippen LogP contribution < -0.4 is 11.1 Å². The molecule has 1 aromatic carbocycles. The van der Waals surface area contributed by atoms with Gasteiger partial charge in [0.05, 0.1) is 10.9 Å². The fourth-order valence-electron chi connectivity index (χ4n) is 4.05. The minimum Gasteiger partial charge on any atom is -0.454 e. The highest BCUT2D eigenvalue weighted by Crippen LogP contribution is 2.35. The molecule has 7 nitrogen and oxygen atoms in total. The summed E-state index contributed by atoms with van der Waals surface area (Å²) >= 11 is 1.55. The molecule has 3 aromatic heterocycles. The molecule has 0 fully saturated rings. The van der Waals surface area contributed by atoms with Gasteiger partial charge in [-0.25, -0.2) is 9.78 Å². The highest BCUT2D eigenvalue weighted by Gasteiger charge is 2.23. The molecule has 5 rings (SSSR count). The number of esters is 1. The number of para-hydroxylation sites is 1. The third kappa shape index (κ3) is 3.23. The van der Waals surface area contributed by atoms with Crippen molar-refractivity contribution in [1.29, 1.82) is 0 Å². The number of carbonyl (C=O) groups is 1. The molecule has 8 heteroatoms. The van der Waals surface area contributed by atoms with Gasteiger partial charge in [-0.15, -0.1) is 11.3 Å². The second-order valence-corrected chi connectivity index (χ2v) is 8.80. The van der Waals surface area contributed by atoms with Crippen LogP contribution in [0.1, 0.15) is 40.0 Å². The zero-order chi connectivity index (χ0) is 20.8. The molecule has 0 aliphatic heterocycles. The number of H-pyrrole nitrogens is 2. The molecular formula is C22H19N3O4S. The zero-order valence-corrected chi connectivity index (χ0v) is 17.1. The molecule has 0 amide bonds. The molecule has 0 saturated carbocycles. The van der Waals surface area contributed by atoms with Crippen LogP contribution in [-0.2, 0) is 24.2 Å². The molecule has 0 unspecified atom stereocenters. The first-order chi connectivity index (χ1) is 14.5. The topological polar surface area (TPSA) is 105 Å². The summed E-state index contributed by atoms with van der Waals surface area (Å²) in [5.74, 6) is 0.259. The number of nitrogens with zero attached hydrogens (tertiary/aromatic N) is 1. The number of aromatic nitrogens is 3. The molecule has 2 N–H and O–H groups in total. The van der Waals surface area contributed by atoms with Crippen molar-refractivity contribution in [3.8, 4) is 0 Å². The number of nitrogens with one attached hydrogen (secondary N) is 2. The van der Waals surface area contributed by atoms with E-state index in [4.69, 9.17) is 4.74 Å². The Balaban J connectivity index is 1.44. The number of hydrogen-bond acceptors (Lipinski definition) is 6. The maximum absolute atomic E-state index is 12.7. The quantitative estimate of drug-likeness (QED) is 0.494. The number of carbonyl (C=O) groups excluding carboxylic acids is 1. The first-order valence-electron chi connectivity index (χ1n) is 9.82. The van der Waals surface area contributed by atoms with Crippen molar-refractivity contribution >= 4 is 38.4 Å². The summed E-state index contributed by atoms with van der Waals surface area (Å²) in [6.45, 7) is 2.04. The van der Waals surface area contributed by atoms with Gasteiger partial charge in [0.2, 0.25) is 5.56 Å². The summed E-state index contributed by atoms with van der Waals surface area (Å²) in [6.07, 6.45) is 2.93. The van der Waals surface area contributed by atoms with Crippen molar-refractivity contribution in [3.63, 3.8) is 0 Å². The number of rotatable bonds is 3. The van der Waals surface area contributed by atoms with Crippen LogP contribution in [0.25, 0.3) is 21.1 Å². The summed E-state index contributed by atoms with van der Waals surface area (Å²) in [5.41, 5.74) is 1.27. The minimum absolute atomic E-state index is 0.176. The van der Waals surface area contributed by atoms with Gasteiger partial charge in [0.15, 0.2) is 0 Å². The molecule has 0 saturated heterocycles. The lowest BCUT2D eigenvalue weighted by Gasteiger charge is -2.17. The van der Waals surface area contributed by atoms with Crippen LogP contribution in [0.2, 0.25) is 0 Å². The third-order valence-electron chi connectivity index (χ3n) is 5.52. The Morgan fingerprint density at radius 1 is 1.27 bits per heavy atom. The van der Waals surface area contributed by atoms with E-state index in [1.165, 1.54) is 10.9 Å². The molecule has 0 spiro atoms. The molecule has 0 radical (unpaired) electrons. The smallest absolute Gasteiger partial charge is 0.339 e. The number of aromatic amines is 2. The van der Waals surface area contributed by atoms with Gasteiger partial charge in [0.1, 0.15) is 17.3 Å². The molecule has 3 heterocycles. The van der Waals surface area contributed by atoms with Crippen LogP contribution >= 0.6 is 11.3 Å². The van der Waals surface area contributed by atoms with Gasteiger partial charge in [-0.3, -0.25) is 9.59 Å². The maximum Gasteiger partial charge on any atom is 0.339 e. The molecule has 1 atom stereocenters. The normalized spacial score (nSPS) is 16.0. The highest BCUT2D eigenvalue weighted by molar-refractivity contribution is 7.18. The van der Waals surface area contributed by atoms with Crippen LogP contribution in [-0.4, -0.2) is 20.9 Å². The highest BCUT2D eigenvalue weighted by atomic mass is 32.1. The Hall–Kier alpha value is -3.26. The minimum atomic E-state index is -0.639. The Kier molecular flexibility index (Phi) is 4.51. The van der Waals surface area contributed by atoms with E-state index in [0.717, 1.165) is 24.8 Å². The fraction of sp³-hybridized carbons (Fsp3) is 0.273. The van der Waals surface area contributed by atoms with Gasteiger partial charge in [-0.1, -0.05) is 25.1 Å². The van der Waals surface area contributed by atoms with Gasteiger partial charge < -0.3 is 14.7 Å². The largest absolute Gasteiger partial charge is 0.454 e. The zero-order valence-electron chi connectivity index (χ0n) is 16.3. The summed E-state index contributed by atoms with van der Waals surface area (Å²) < 4.78 is 5.38. The Morgan fingerprint density at radius 3 is 2.97 bits per heavy atom. The van der Waals surface area contributed by atoms with Crippen LogP contribution in [0.4, 0.5) is 0 Å². The molecule has 4 aromatic rings. The van der Waals surface area contributed by atoms with E-state index in [2.05, 4.69) is 21.9 Å². The van der Waals surface area contributed by atoms with E-state index in [9.17, 15) is 14.4 Å². The summed E-state index contributed by atoms with van der Waals surface area (Å²) in [4.78, 5) is 49.1. The lowest BCUT2D eigenvalue weighted by atomic mass is 9.89. The van der Waals surface area contributed by atoms with Crippen molar-refractivity contribution in [3.05, 3.63) is 72.9 Å². The number of pyridine rings is 1. The van der Waals surface area contributed by atoms with Gasteiger partial charge >= 0.3 is 5.97 Å². The number of fused-ring (bicyclic) bond motifs is 4. The van der Waals surface area contributed by atoms with Gasteiger partial charge in [-0.2, -0.15) is 0 Å². The van der Waals surface area contributed by atoms with Crippen LogP contribution in [0.3, 0.4) is 0 Å². The molecule has 30 heavy (non-hydrogen) atoms. The SMILES string of the molecule is C[C@H]1CCc2c(sc3nc(COC(=O)c4cc(=O)[nH]c5ccccc45)[nH]c(=O)c23)C1. The summed E-state index contributed by atoms with van der Waals surface area (Å²) in [5, 5.41) is 1.26. The van der Waals surface area contributed by atoms with Crippen molar-refractivity contribution < 1.29 is 9.53 Å². The van der Waals surface area contributed by atoms with E-state index < -0.39 is 5.97 Å². The Bertz CT molecular complexity index is 1420. The fourth-order valence-corrected chi connectivity index (χ4v) is 5.45. The van der Waals surface area contributed by atoms with E-state index in [-0.39, 0.29) is 23.3 Å². The lowest BCUT2D eigenvalue weighted by molar-refractivity contribution is 0.0464. The average Bonchev–Trinajstić information content (AvgIpc) is 3.09. The molecule has 1 aliphatic rings. The molecular weight excluding hydrogens is 402 g/mol. The number of ether oxygens (including phenoxy) is 1. The van der Waals surface area contributed by atoms with Crippen molar-refractivity contribution in [2.45, 2.75) is 32.8 Å². The molecule has 0 bridgehead atoms. The number of benzene rings is 1. The predicted molar refractivity (Wildman–Crippen MR) is 115 cm³/mol. The average molecular weight is 421 g/mol. The first-order valence-corrected chi connectivity index (χ1v) is 10.6.